The molecule has 0 bridgehead atoms. The highest BCUT2D eigenvalue weighted by Crippen LogP contribution is 2.26. The molecule has 0 unspecified atom stereocenters. The average molecular weight is 279 g/mol. The average Bonchev–Trinajstić information content (AvgIpc) is 2.82. The van der Waals surface area contributed by atoms with Gasteiger partial charge in [0.15, 0.2) is 0 Å². The molecule has 0 saturated carbocycles. The minimum atomic E-state index is -0.866. The zero-order valence-corrected chi connectivity index (χ0v) is 12.0. The molecule has 5 nitrogen and oxygen atoms in total. The molecule has 19 heavy (non-hydrogen) atoms. The maximum absolute atomic E-state index is 11.3. The Labute approximate surface area is 115 Å². The van der Waals surface area contributed by atoms with Crippen LogP contribution < -0.4 is 5.32 Å². The Balaban J connectivity index is 2.43. The van der Waals surface area contributed by atoms with E-state index >= 15 is 0 Å². The van der Waals surface area contributed by atoms with Gasteiger partial charge in [-0.15, -0.1) is 11.3 Å². The number of aromatic nitrogens is 2. The van der Waals surface area contributed by atoms with Crippen LogP contribution in [0.3, 0.4) is 0 Å². The van der Waals surface area contributed by atoms with Crippen molar-refractivity contribution in [3.05, 3.63) is 17.3 Å². The molecule has 0 saturated heterocycles. The first-order valence-electron chi connectivity index (χ1n) is 6.26. The minimum absolute atomic E-state index is 0.0220. The van der Waals surface area contributed by atoms with Crippen molar-refractivity contribution < 1.29 is 9.90 Å². The van der Waals surface area contributed by atoms with Gasteiger partial charge in [-0.2, -0.15) is 0 Å². The molecule has 0 aliphatic carbocycles. The molecule has 2 heterocycles. The Kier molecular flexibility index (Phi) is 3.99. The molecule has 0 spiro atoms. The Morgan fingerprint density at radius 2 is 2.21 bits per heavy atom. The summed E-state index contributed by atoms with van der Waals surface area (Å²) < 4.78 is 0. The molecule has 0 fully saturated rings. The van der Waals surface area contributed by atoms with Crippen LogP contribution in [0.4, 0.5) is 5.82 Å². The van der Waals surface area contributed by atoms with Gasteiger partial charge in [0.05, 0.1) is 5.39 Å². The lowest BCUT2D eigenvalue weighted by molar-refractivity contribution is -0.138. The first-order chi connectivity index (χ1) is 9.02. The van der Waals surface area contributed by atoms with Crippen LogP contribution in [0.15, 0.2) is 11.4 Å². The van der Waals surface area contributed by atoms with Gasteiger partial charge in [-0.1, -0.05) is 20.8 Å². The van der Waals surface area contributed by atoms with Gasteiger partial charge in [0.1, 0.15) is 22.5 Å². The van der Waals surface area contributed by atoms with Crippen LogP contribution in [0.5, 0.6) is 0 Å². The number of nitrogens with zero attached hydrogens (tertiary/aromatic N) is 2. The smallest absolute Gasteiger partial charge is 0.326 e. The molecule has 0 amide bonds. The molecule has 1 atom stereocenters. The fraction of sp³-hybridized carbons (Fsp3) is 0.462. The van der Waals surface area contributed by atoms with Gasteiger partial charge in [0, 0.05) is 6.42 Å². The van der Waals surface area contributed by atoms with Crippen LogP contribution >= 0.6 is 11.3 Å². The largest absolute Gasteiger partial charge is 0.480 e. The van der Waals surface area contributed by atoms with Crippen molar-refractivity contribution >= 4 is 33.3 Å². The summed E-state index contributed by atoms with van der Waals surface area (Å²) in [5, 5.41) is 15.1. The van der Waals surface area contributed by atoms with Crippen LogP contribution in [0.1, 0.15) is 26.6 Å². The quantitative estimate of drug-likeness (QED) is 0.880. The lowest BCUT2D eigenvalue weighted by Gasteiger charge is -2.19. The van der Waals surface area contributed by atoms with E-state index in [0.29, 0.717) is 5.82 Å². The predicted octanol–water partition coefficient (Wildman–Crippen LogP) is 2.77. The number of rotatable bonds is 5. The normalized spacial score (nSPS) is 12.8. The molecule has 0 aliphatic heterocycles. The van der Waals surface area contributed by atoms with E-state index in [1.165, 1.54) is 11.3 Å². The molecule has 2 N–H and O–H groups in total. The van der Waals surface area contributed by atoms with E-state index in [9.17, 15) is 9.90 Å². The summed E-state index contributed by atoms with van der Waals surface area (Å²) in [4.78, 5) is 21.0. The minimum Gasteiger partial charge on any atom is -0.480 e. The molecule has 6 heteroatoms. The number of aryl methyl sites for hydroxylation is 1. The van der Waals surface area contributed by atoms with Gasteiger partial charge in [-0.05, 0) is 17.4 Å². The van der Waals surface area contributed by atoms with Crippen molar-refractivity contribution in [2.45, 2.75) is 33.2 Å². The zero-order valence-electron chi connectivity index (χ0n) is 11.2. The SMILES string of the molecule is CCc1nc(N[C@H](C(=O)O)C(C)C)c2ccsc2n1. The molecule has 0 aliphatic rings. The lowest BCUT2D eigenvalue weighted by atomic mass is 10.0. The second-order valence-electron chi connectivity index (χ2n) is 4.69. The van der Waals surface area contributed by atoms with Gasteiger partial charge >= 0.3 is 5.97 Å². The standard InChI is InChI=1S/C13H17N3O2S/c1-4-9-14-11(8-5-6-19-12(8)15-9)16-10(7(2)3)13(17)18/h5-7,10H,4H2,1-3H3,(H,17,18)(H,14,15,16)/t10-/m0/s1. The topological polar surface area (TPSA) is 75.1 Å². The van der Waals surface area contributed by atoms with E-state index in [1.54, 1.807) is 0 Å². The summed E-state index contributed by atoms with van der Waals surface area (Å²) in [5.74, 6) is 0.454. The number of anilines is 1. The summed E-state index contributed by atoms with van der Waals surface area (Å²) in [5.41, 5.74) is 0. The highest BCUT2D eigenvalue weighted by atomic mass is 32.1. The number of fused-ring (bicyclic) bond motifs is 1. The molecule has 0 radical (unpaired) electrons. The van der Waals surface area contributed by atoms with Crippen molar-refractivity contribution in [3.8, 4) is 0 Å². The van der Waals surface area contributed by atoms with Crippen molar-refractivity contribution in [1.29, 1.82) is 0 Å². The van der Waals surface area contributed by atoms with Gasteiger partial charge in [-0.3, -0.25) is 0 Å². The van der Waals surface area contributed by atoms with E-state index in [0.717, 1.165) is 22.5 Å². The summed E-state index contributed by atoms with van der Waals surface area (Å²) in [7, 11) is 0. The van der Waals surface area contributed by atoms with Gasteiger partial charge in [0.25, 0.3) is 0 Å². The van der Waals surface area contributed by atoms with Gasteiger partial charge in [0.2, 0.25) is 0 Å². The molecular weight excluding hydrogens is 262 g/mol. The highest BCUT2D eigenvalue weighted by molar-refractivity contribution is 7.16. The van der Waals surface area contributed by atoms with E-state index in [4.69, 9.17) is 0 Å². The van der Waals surface area contributed by atoms with E-state index in [2.05, 4.69) is 15.3 Å². The van der Waals surface area contributed by atoms with Crippen molar-refractivity contribution in [3.63, 3.8) is 0 Å². The molecular formula is C13H17N3O2S. The van der Waals surface area contributed by atoms with Crippen molar-refractivity contribution in [2.24, 2.45) is 5.92 Å². The Morgan fingerprint density at radius 3 is 2.79 bits per heavy atom. The third-order valence-corrected chi connectivity index (χ3v) is 3.72. The number of hydrogen-bond acceptors (Lipinski definition) is 5. The molecule has 2 aromatic rings. The molecule has 102 valence electrons. The summed E-state index contributed by atoms with van der Waals surface area (Å²) in [6, 6.07) is 1.27. The lowest BCUT2D eigenvalue weighted by Crippen LogP contribution is -2.34. The monoisotopic (exact) mass is 279 g/mol. The van der Waals surface area contributed by atoms with Gasteiger partial charge in [-0.25, -0.2) is 14.8 Å². The van der Waals surface area contributed by atoms with E-state index in [1.807, 2.05) is 32.2 Å². The Hall–Kier alpha value is -1.69. The summed E-state index contributed by atoms with van der Waals surface area (Å²) in [6.45, 7) is 5.73. The van der Waals surface area contributed by atoms with Crippen LogP contribution in [0, 0.1) is 5.92 Å². The number of carboxylic acid groups (broad SMARTS) is 1. The zero-order chi connectivity index (χ0) is 14.0. The third-order valence-electron chi connectivity index (χ3n) is 2.91. The Bertz CT molecular complexity index is 595. The van der Waals surface area contributed by atoms with Crippen molar-refractivity contribution in [1.82, 2.24) is 9.97 Å². The number of thiophene rings is 1. The number of aliphatic carboxylic acids is 1. The fourth-order valence-electron chi connectivity index (χ4n) is 1.83. The number of hydrogen-bond donors (Lipinski definition) is 2. The number of nitrogens with one attached hydrogen (secondary N) is 1. The van der Waals surface area contributed by atoms with Crippen LogP contribution in [0.2, 0.25) is 0 Å². The van der Waals surface area contributed by atoms with Gasteiger partial charge < -0.3 is 10.4 Å². The predicted molar refractivity (Wildman–Crippen MR) is 76.7 cm³/mol. The second kappa shape index (κ2) is 5.52. The maximum Gasteiger partial charge on any atom is 0.326 e. The molecule has 0 aromatic carbocycles. The van der Waals surface area contributed by atoms with Crippen LogP contribution in [-0.4, -0.2) is 27.1 Å². The number of carbonyl (C=O) groups is 1. The fourth-order valence-corrected chi connectivity index (χ4v) is 2.61. The van der Waals surface area contributed by atoms with Crippen LogP contribution in [-0.2, 0) is 11.2 Å². The summed E-state index contributed by atoms with van der Waals surface area (Å²) >= 11 is 1.54. The van der Waals surface area contributed by atoms with E-state index < -0.39 is 12.0 Å². The summed E-state index contributed by atoms with van der Waals surface area (Å²) in [6.07, 6.45) is 0.724. The molecule has 2 rings (SSSR count). The first kappa shape index (κ1) is 13.7. The second-order valence-corrected chi connectivity index (χ2v) is 5.58. The Morgan fingerprint density at radius 1 is 1.47 bits per heavy atom. The van der Waals surface area contributed by atoms with Crippen LogP contribution in [0.25, 0.3) is 10.2 Å². The molecule has 2 aromatic heterocycles. The van der Waals surface area contributed by atoms with Crippen molar-refractivity contribution in [2.75, 3.05) is 5.32 Å². The van der Waals surface area contributed by atoms with E-state index in [-0.39, 0.29) is 5.92 Å². The number of carboxylic acids is 1. The maximum atomic E-state index is 11.3. The third kappa shape index (κ3) is 2.84. The first-order valence-corrected chi connectivity index (χ1v) is 7.14. The highest BCUT2D eigenvalue weighted by Gasteiger charge is 2.23.